The topological polar surface area (TPSA) is 48.4 Å². The maximum atomic E-state index is 11.4. The van der Waals surface area contributed by atoms with Crippen LogP contribution in [0.25, 0.3) is 0 Å². The summed E-state index contributed by atoms with van der Waals surface area (Å²) in [6.07, 6.45) is 1.48. The average molecular weight is 274 g/mol. The van der Waals surface area contributed by atoms with Gasteiger partial charge in [-0.3, -0.25) is 4.98 Å². The van der Waals surface area contributed by atoms with E-state index in [0.717, 1.165) is 5.69 Å². The zero-order valence-electron chi connectivity index (χ0n) is 8.62. The fraction of sp³-hybridized carbons (Fsp3) is 0.400. The number of methoxy groups -OCH3 is 1. The van der Waals surface area contributed by atoms with E-state index in [1.165, 1.54) is 13.3 Å². The van der Waals surface area contributed by atoms with Gasteiger partial charge in [0.2, 0.25) is 0 Å². The van der Waals surface area contributed by atoms with Gasteiger partial charge < -0.3 is 9.47 Å². The van der Waals surface area contributed by atoms with Crippen molar-refractivity contribution >= 4 is 21.9 Å². The standard InChI is InChI=1S/C10H12BrNO3/c1-3-15-10(13)7-4-9(14-2)8(5-11)12-6-7/h4,6H,3,5H2,1-2H3. The van der Waals surface area contributed by atoms with E-state index < -0.39 is 0 Å². The zero-order chi connectivity index (χ0) is 11.3. The first-order valence-electron chi connectivity index (χ1n) is 4.49. The highest BCUT2D eigenvalue weighted by molar-refractivity contribution is 9.08. The van der Waals surface area contributed by atoms with Gasteiger partial charge in [0, 0.05) is 11.5 Å². The molecule has 82 valence electrons. The van der Waals surface area contributed by atoms with Gasteiger partial charge in [-0.15, -0.1) is 0 Å². The molecular weight excluding hydrogens is 262 g/mol. The van der Waals surface area contributed by atoms with E-state index in [1.807, 2.05) is 0 Å². The van der Waals surface area contributed by atoms with Crippen LogP contribution in [0.15, 0.2) is 12.3 Å². The highest BCUT2D eigenvalue weighted by atomic mass is 79.9. The van der Waals surface area contributed by atoms with E-state index in [-0.39, 0.29) is 5.97 Å². The van der Waals surface area contributed by atoms with Crippen LogP contribution in [0.4, 0.5) is 0 Å². The van der Waals surface area contributed by atoms with Crippen LogP contribution >= 0.6 is 15.9 Å². The lowest BCUT2D eigenvalue weighted by atomic mass is 10.2. The third kappa shape index (κ3) is 2.92. The van der Waals surface area contributed by atoms with Crippen molar-refractivity contribution in [3.63, 3.8) is 0 Å². The molecule has 1 rings (SSSR count). The predicted molar refractivity (Wildman–Crippen MR) is 59.4 cm³/mol. The van der Waals surface area contributed by atoms with Gasteiger partial charge in [-0.1, -0.05) is 15.9 Å². The molecule has 0 aliphatic carbocycles. The number of esters is 1. The molecule has 0 unspecified atom stereocenters. The van der Waals surface area contributed by atoms with Crippen LogP contribution in [0.2, 0.25) is 0 Å². The Hall–Kier alpha value is -1.10. The van der Waals surface area contributed by atoms with Gasteiger partial charge >= 0.3 is 5.97 Å². The van der Waals surface area contributed by atoms with Gasteiger partial charge in [-0.2, -0.15) is 0 Å². The van der Waals surface area contributed by atoms with E-state index in [0.29, 0.717) is 23.2 Å². The summed E-state index contributed by atoms with van der Waals surface area (Å²) in [4.78, 5) is 15.5. The lowest BCUT2D eigenvalue weighted by molar-refractivity contribution is 0.0525. The maximum absolute atomic E-state index is 11.4. The normalized spacial score (nSPS) is 9.80. The summed E-state index contributed by atoms with van der Waals surface area (Å²) < 4.78 is 9.96. The molecule has 1 aromatic rings. The van der Waals surface area contributed by atoms with Crippen LogP contribution in [0.1, 0.15) is 23.0 Å². The summed E-state index contributed by atoms with van der Waals surface area (Å²) in [6.45, 7) is 2.11. The second-order valence-corrected chi connectivity index (χ2v) is 3.29. The van der Waals surface area contributed by atoms with Gasteiger partial charge in [0.15, 0.2) is 0 Å². The van der Waals surface area contributed by atoms with E-state index in [1.54, 1.807) is 13.0 Å². The largest absolute Gasteiger partial charge is 0.495 e. The fourth-order valence-corrected chi connectivity index (χ4v) is 1.50. The molecule has 0 amide bonds. The van der Waals surface area contributed by atoms with Crippen molar-refractivity contribution in [1.82, 2.24) is 4.98 Å². The lowest BCUT2D eigenvalue weighted by Gasteiger charge is -2.07. The van der Waals surface area contributed by atoms with Crippen LogP contribution in [-0.2, 0) is 10.1 Å². The Morgan fingerprint density at radius 2 is 2.33 bits per heavy atom. The molecule has 0 saturated heterocycles. The number of ether oxygens (including phenoxy) is 2. The molecule has 0 aliphatic rings. The average Bonchev–Trinajstić information content (AvgIpc) is 2.28. The summed E-state index contributed by atoms with van der Waals surface area (Å²) in [5.74, 6) is 0.196. The van der Waals surface area contributed by atoms with Crippen molar-refractivity contribution < 1.29 is 14.3 Å². The molecular formula is C10H12BrNO3. The first-order valence-corrected chi connectivity index (χ1v) is 5.61. The SMILES string of the molecule is CCOC(=O)c1cnc(CBr)c(OC)c1. The Labute approximate surface area is 96.7 Å². The van der Waals surface area contributed by atoms with E-state index in [2.05, 4.69) is 20.9 Å². The smallest absolute Gasteiger partial charge is 0.339 e. The number of rotatable bonds is 4. The number of alkyl halides is 1. The Morgan fingerprint density at radius 1 is 1.60 bits per heavy atom. The van der Waals surface area contributed by atoms with E-state index in [4.69, 9.17) is 9.47 Å². The monoisotopic (exact) mass is 273 g/mol. The number of halogens is 1. The van der Waals surface area contributed by atoms with Crippen molar-refractivity contribution in [2.24, 2.45) is 0 Å². The van der Waals surface area contributed by atoms with Crippen LogP contribution < -0.4 is 4.74 Å². The van der Waals surface area contributed by atoms with Gasteiger partial charge in [0.1, 0.15) is 5.75 Å². The third-order valence-corrected chi connectivity index (χ3v) is 2.32. The Balaban J connectivity index is 2.97. The summed E-state index contributed by atoms with van der Waals surface area (Å²) in [6, 6.07) is 1.63. The second kappa shape index (κ2) is 5.70. The number of carbonyl (C=O) groups excluding carboxylic acids is 1. The molecule has 15 heavy (non-hydrogen) atoms. The highest BCUT2D eigenvalue weighted by Gasteiger charge is 2.11. The number of carbonyl (C=O) groups is 1. The zero-order valence-corrected chi connectivity index (χ0v) is 10.2. The number of aromatic nitrogens is 1. The van der Waals surface area contributed by atoms with Crippen molar-refractivity contribution in [3.05, 3.63) is 23.5 Å². The van der Waals surface area contributed by atoms with Gasteiger partial charge in [0.25, 0.3) is 0 Å². The maximum Gasteiger partial charge on any atom is 0.339 e. The molecule has 0 saturated carbocycles. The van der Waals surface area contributed by atoms with Crippen molar-refractivity contribution in [3.8, 4) is 5.75 Å². The molecule has 0 spiro atoms. The van der Waals surface area contributed by atoms with Crippen molar-refractivity contribution in [1.29, 1.82) is 0 Å². The van der Waals surface area contributed by atoms with Gasteiger partial charge in [-0.05, 0) is 13.0 Å². The minimum atomic E-state index is -0.385. The molecule has 0 bridgehead atoms. The Bertz CT molecular complexity index is 355. The van der Waals surface area contributed by atoms with Gasteiger partial charge in [-0.25, -0.2) is 4.79 Å². The molecule has 0 radical (unpaired) electrons. The quantitative estimate of drug-likeness (QED) is 0.623. The third-order valence-electron chi connectivity index (χ3n) is 1.79. The summed E-state index contributed by atoms with van der Waals surface area (Å²) in [7, 11) is 1.54. The number of pyridine rings is 1. The minimum Gasteiger partial charge on any atom is -0.495 e. The predicted octanol–water partition coefficient (Wildman–Crippen LogP) is 2.16. The van der Waals surface area contributed by atoms with Crippen molar-refractivity contribution in [2.75, 3.05) is 13.7 Å². The molecule has 1 aromatic heterocycles. The van der Waals surface area contributed by atoms with E-state index in [9.17, 15) is 4.79 Å². The molecule has 4 nitrogen and oxygen atoms in total. The van der Waals surface area contributed by atoms with Crippen LogP contribution in [0, 0.1) is 0 Å². The molecule has 0 aromatic carbocycles. The van der Waals surface area contributed by atoms with Crippen LogP contribution in [0.5, 0.6) is 5.75 Å². The van der Waals surface area contributed by atoms with Crippen molar-refractivity contribution in [2.45, 2.75) is 12.3 Å². The first kappa shape index (κ1) is 12.0. The summed E-state index contributed by atoms with van der Waals surface area (Å²) in [5.41, 5.74) is 1.16. The summed E-state index contributed by atoms with van der Waals surface area (Å²) >= 11 is 3.28. The minimum absolute atomic E-state index is 0.349. The fourth-order valence-electron chi connectivity index (χ4n) is 1.08. The number of hydrogen-bond acceptors (Lipinski definition) is 4. The van der Waals surface area contributed by atoms with Crippen LogP contribution in [0.3, 0.4) is 0 Å². The molecule has 1 heterocycles. The lowest BCUT2D eigenvalue weighted by Crippen LogP contribution is -2.06. The molecule has 5 heteroatoms. The second-order valence-electron chi connectivity index (χ2n) is 2.73. The molecule has 0 atom stereocenters. The summed E-state index contributed by atoms with van der Waals surface area (Å²) in [5, 5.41) is 0.583. The Morgan fingerprint density at radius 3 is 2.87 bits per heavy atom. The molecule has 0 N–H and O–H groups in total. The molecule has 0 fully saturated rings. The highest BCUT2D eigenvalue weighted by Crippen LogP contribution is 2.20. The van der Waals surface area contributed by atoms with E-state index >= 15 is 0 Å². The molecule has 0 aliphatic heterocycles. The first-order chi connectivity index (χ1) is 7.22. The van der Waals surface area contributed by atoms with Gasteiger partial charge in [0.05, 0.1) is 25.0 Å². The Kier molecular flexibility index (Phi) is 4.55. The van der Waals surface area contributed by atoms with Crippen LogP contribution in [-0.4, -0.2) is 24.7 Å². The number of nitrogens with zero attached hydrogens (tertiary/aromatic N) is 1. The number of hydrogen-bond donors (Lipinski definition) is 0.